The fraction of sp³-hybridized carbons (Fsp3) is 0.882. The van der Waals surface area contributed by atoms with Gasteiger partial charge in [0.2, 0.25) is 5.91 Å². The topological polar surface area (TPSA) is 46.2 Å². The summed E-state index contributed by atoms with van der Waals surface area (Å²) in [4.78, 5) is 22.7. The molecule has 124 valence electrons. The Morgan fingerprint density at radius 2 is 1.24 bits per heavy atom. The van der Waals surface area contributed by atoms with Crippen molar-refractivity contribution < 1.29 is 9.59 Å². The normalized spacial score (nSPS) is 10.6. The van der Waals surface area contributed by atoms with Crippen LogP contribution in [0.1, 0.15) is 77.0 Å². The van der Waals surface area contributed by atoms with Crippen LogP contribution >= 0.6 is 11.8 Å². The van der Waals surface area contributed by atoms with Crippen molar-refractivity contribution in [2.45, 2.75) is 77.0 Å². The number of carbonyl (C=O) groups is 2. The van der Waals surface area contributed by atoms with Gasteiger partial charge in [-0.2, -0.15) is 11.8 Å². The van der Waals surface area contributed by atoms with Gasteiger partial charge in [0, 0.05) is 26.3 Å². The molecule has 0 aliphatic heterocycles. The maximum atomic E-state index is 11.7. The van der Waals surface area contributed by atoms with E-state index < -0.39 is 0 Å². The molecule has 0 heterocycles. The Bertz CT molecular complexity index is 270. The fourth-order valence-corrected chi connectivity index (χ4v) is 2.80. The molecule has 0 atom stereocenters. The highest BCUT2D eigenvalue weighted by atomic mass is 32.2. The van der Waals surface area contributed by atoms with Gasteiger partial charge in [0.25, 0.3) is 0 Å². The molecule has 0 aromatic heterocycles. The van der Waals surface area contributed by atoms with E-state index in [0.717, 1.165) is 44.9 Å². The van der Waals surface area contributed by atoms with Crippen LogP contribution in [0.5, 0.6) is 0 Å². The SMILES string of the molecule is CNC(=O)CCCCCCC(=O)CCCCCCCSC. The van der Waals surface area contributed by atoms with E-state index in [1.165, 1.54) is 31.4 Å². The first-order valence-electron chi connectivity index (χ1n) is 8.42. The molecule has 0 fully saturated rings. The largest absolute Gasteiger partial charge is 0.359 e. The second kappa shape index (κ2) is 15.9. The molecule has 0 aliphatic carbocycles. The summed E-state index contributed by atoms with van der Waals surface area (Å²) in [6.45, 7) is 0. The maximum absolute atomic E-state index is 11.7. The van der Waals surface area contributed by atoms with Crippen LogP contribution in [-0.4, -0.2) is 30.7 Å². The van der Waals surface area contributed by atoms with Gasteiger partial charge in [-0.15, -0.1) is 0 Å². The summed E-state index contributed by atoms with van der Waals surface area (Å²) in [5, 5.41) is 2.62. The summed E-state index contributed by atoms with van der Waals surface area (Å²) in [6.07, 6.45) is 14.4. The van der Waals surface area contributed by atoms with Gasteiger partial charge in [-0.05, 0) is 37.7 Å². The molecule has 0 unspecified atom stereocenters. The van der Waals surface area contributed by atoms with Crippen LogP contribution in [0.25, 0.3) is 0 Å². The van der Waals surface area contributed by atoms with Crippen molar-refractivity contribution >= 4 is 23.5 Å². The van der Waals surface area contributed by atoms with Crippen molar-refractivity contribution in [3.8, 4) is 0 Å². The molecule has 4 heteroatoms. The Morgan fingerprint density at radius 1 is 0.762 bits per heavy atom. The molecule has 0 aromatic carbocycles. The predicted octanol–water partition coefficient (Wildman–Crippen LogP) is 4.35. The highest BCUT2D eigenvalue weighted by Gasteiger charge is 2.02. The number of hydrogen-bond acceptors (Lipinski definition) is 3. The quantitative estimate of drug-likeness (QED) is 0.457. The summed E-state index contributed by atoms with van der Waals surface area (Å²) in [6, 6.07) is 0. The molecule has 0 aromatic rings. The van der Waals surface area contributed by atoms with Crippen LogP contribution in [0.3, 0.4) is 0 Å². The second-order valence-electron chi connectivity index (χ2n) is 5.64. The number of rotatable bonds is 15. The van der Waals surface area contributed by atoms with E-state index in [2.05, 4.69) is 11.6 Å². The van der Waals surface area contributed by atoms with E-state index in [9.17, 15) is 9.59 Å². The summed E-state index contributed by atoms with van der Waals surface area (Å²) < 4.78 is 0. The van der Waals surface area contributed by atoms with Gasteiger partial charge in [0.1, 0.15) is 5.78 Å². The molecule has 1 N–H and O–H groups in total. The molecule has 0 spiro atoms. The third kappa shape index (κ3) is 15.7. The zero-order valence-electron chi connectivity index (χ0n) is 13.9. The van der Waals surface area contributed by atoms with Gasteiger partial charge in [0.15, 0.2) is 0 Å². The van der Waals surface area contributed by atoms with Crippen LogP contribution in [0, 0.1) is 0 Å². The molecular formula is C17H33NO2S. The maximum Gasteiger partial charge on any atom is 0.219 e. The van der Waals surface area contributed by atoms with Crippen LogP contribution in [0.2, 0.25) is 0 Å². The van der Waals surface area contributed by atoms with Crippen LogP contribution in [0.4, 0.5) is 0 Å². The molecular weight excluding hydrogens is 282 g/mol. The van der Waals surface area contributed by atoms with Crippen molar-refractivity contribution in [3.63, 3.8) is 0 Å². The van der Waals surface area contributed by atoms with E-state index in [1.54, 1.807) is 7.05 Å². The number of nitrogens with one attached hydrogen (secondary N) is 1. The zero-order valence-corrected chi connectivity index (χ0v) is 14.7. The highest BCUT2D eigenvalue weighted by molar-refractivity contribution is 7.98. The highest BCUT2D eigenvalue weighted by Crippen LogP contribution is 2.11. The number of amides is 1. The summed E-state index contributed by atoms with van der Waals surface area (Å²) >= 11 is 1.91. The monoisotopic (exact) mass is 315 g/mol. The average Bonchev–Trinajstić information content (AvgIpc) is 2.49. The van der Waals surface area contributed by atoms with Gasteiger partial charge in [-0.1, -0.05) is 32.1 Å². The Balaban J connectivity index is 3.22. The number of hydrogen-bond donors (Lipinski definition) is 1. The van der Waals surface area contributed by atoms with E-state index in [4.69, 9.17) is 0 Å². The minimum Gasteiger partial charge on any atom is -0.359 e. The first kappa shape index (κ1) is 20.5. The molecule has 0 aliphatic rings. The lowest BCUT2D eigenvalue weighted by molar-refractivity contribution is -0.121. The lowest BCUT2D eigenvalue weighted by atomic mass is 10.0. The molecule has 0 saturated heterocycles. The predicted molar refractivity (Wildman–Crippen MR) is 92.9 cm³/mol. The van der Waals surface area contributed by atoms with E-state index >= 15 is 0 Å². The number of carbonyl (C=O) groups excluding carboxylic acids is 2. The molecule has 0 rings (SSSR count). The standard InChI is InChI=1S/C17H33NO2S/c1-18-17(20)14-10-6-5-9-13-16(19)12-8-4-3-7-11-15-21-2/h3-15H2,1-2H3,(H,18,20). The second-order valence-corrected chi connectivity index (χ2v) is 6.62. The van der Waals surface area contributed by atoms with Crippen LogP contribution in [0.15, 0.2) is 0 Å². The molecule has 0 bridgehead atoms. The van der Waals surface area contributed by atoms with Gasteiger partial charge >= 0.3 is 0 Å². The molecule has 21 heavy (non-hydrogen) atoms. The number of Topliss-reactive ketones (excluding diaryl/α,β-unsaturated/α-hetero) is 1. The Kier molecular flexibility index (Phi) is 15.5. The van der Waals surface area contributed by atoms with Gasteiger partial charge in [-0.25, -0.2) is 0 Å². The summed E-state index contributed by atoms with van der Waals surface area (Å²) in [5.74, 6) is 1.80. The fourth-order valence-electron chi connectivity index (χ4n) is 2.31. The van der Waals surface area contributed by atoms with E-state index in [-0.39, 0.29) is 5.91 Å². The minimum absolute atomic E-state index is 0.114. The Morgan fingerprint density at radius 3 is 1.76 bits per heavy atom. The minimum atomic E-state index is 0.114. The number of unbranched alkanes of at least 4 members (excludes halogenated alkanes) is 7. The Hall–Kier alpha value is -0.510. The van der Waals surface area contributed by atoms with Crippen molar-refractivity contribution in [2.75, 3.05) is 19.1 Å². The van der Waals surface area contributed by atoms with Crippen LogP contribution in [-0.2, 0) is 9.59 Å². The van der Waals surface area contributed by atoms with Gasteiger partial charge < -0.3 is 5.32 Å². The van der Waals surface area contributed by atoms with Crippen molar-refractivity contribution in [1.29, 1.82) is 0 Å². The lowest BCUT2D eigenvalue weighted by Crippen LogP contribution is -2.16. The first-order chi connectivity index (χ1) is 10.2. The lowest BCUT2D eigenvalue weighted by Gasteiger charge is -2.03. The van der Waals surface area contributed by atoms with Crippen molar-refractivity contribution in [3.05, 3.63) is 0 Å². The summed E-state index contributed by atoms with van der Waals surface area (Å²) in [7, 11) is 1.67. The number of thioether (sulfide) groups is 1. The molecule has 0 radical (unpaired) electrons. The van der Waals surface area contributed by atoms with E-state index in [0.29, 0.717) is 12.2 Å². The Labute approximate surface area is 135 Å². The van der Waals surface area contributed by atoms with Crippen molar-refractivity contribution in [2.24, 2.45) is 0 Å². The molecule has 3 nitrogen and oxygen atoms in total. The average molecular weight is 316 g/mol. The smallest absolute Gasteiger partial charge is 0.219 e. The zero-order chi connectivity index (χ0) is 15.8. The first-order valence-corrected chi connectivity index (χ1v) is 9.81. The number of ketones is 1. The van der Waals surface area contributed by atoms with E-state index in [1.807, 2.05) is 11.8 Å². The van der Waals surface area contributed by atoms with Gasteiger partial charge in [0.05, 0.1) is 0 Å². The van der Waals surface area contributed by atoms with Crippen LogP contribution < -0.4 is 5.32 Å². The van der Waals surface area contributed by atoms with Crippen molar-refractivity contribution in [1.82, 2.24) is 5.32 Å². The third-order valence-corrected chi connectivity index (χ3v) is 4.39. The summed E-state index contributed by atoms with van der Waals surface area (Å²) in [5.41, 5.74) is 0. The molecule has 0 saturated carbocycles. The molecule has 1 amide bonds. The van der Waals surface area contributed by atoms with Gasteiger partial charge in [-0.3, -0.25) is 9.59 Å². The third-order valence-electron chi connectivity index (χ3n) is 3.69.